The second-order valence-electron chi connectivity index (χ2n) is 7.18. The minimum Gasteiger partial charge on any atom is -0.492 e. The summed E-state index contributed by atoms with van der Waals surface area (Å²) in [5, 5.41) is 7.00. The van der Waals surface area contributed by atoms with Crippen molar-refractivity contribution in [1.82, 2.24) is 15.3 Å². The first-order valence-electron chi connectivity index (χ1n) is 9.96. The van der Waals surface area contributed by atoms with E-state index in [0.29, 0.717) is 39.7 Å². The zero-order chi connectivity index (χ0) is 22.7. The summed E-state index contributed by atoms with van der Waals surface area (Å²) in [6.07, 6.45) is 1.51. The number of hydrogen-bond acceptors (Lipinski definition) is 7. The Morgan fingerprint density at radius 2 is 1.84 bits per heavy atom. The molecule has 32 heavy (non-hydrogen) atoms. The van der Waals surface area contributed by atoms with E-state index in [2.05, 4.69) is 20.6 Å². The minimum absolute atomic E-state index is 0.254. The highest BCUT2D eigenvalue weighted by molar-refractivity contribution is 6.40. The Morgan fingerprint density at radius 1 is 1.12 bits per heavy atom. The van der Waals surface area contributed by atoms with Crippen LogP contribution in [-0.4, -0.2) is 49.8 Å². The zero-order valence-corrected chi connectivity index (χ0v) is 19.1. The summed E-state index contributed by atoms with van der Waals surface area (Å²) in [6, 6.07) is 12.6. The number of para-hydroxylation sites is 1. The molecule has 0 saturated heterocycles. The van der Waals surface area contributed by atoms with E-state index in [0.717, 1.165) is 18.0 Å². The monoisotopic (exact) mass is 472 g/mol. The van der Waals surface area contributed by atoms with Crippen LogP contribution in [0.2, 0.25) is 10.0 Å². The minimum atomic E-state index is -0.261. The van der Waals surface area contributed by atoms with Crippen LogP contribution in [0.3, 0.4) is 0 Å². The van der Waals surface area contributed by atoms with Crippen molar-refractivity contribution in [2.75, 3.05) is 49.0 Å². The van der Waals surface area contributed by atoms with Crippen molar-refractivity contribution in [2.45, 2.75) is 0 Å². The largest absolute Gasteiger partial charge is 0.492 e. The quantitative estimate of drug-likeness (QED) is 0.499. The first kappa shape index (κ1) is 22.1. The summed E-state index contributed by atoms with van der Waals surface area (Å²) in [5.41, 5.74) is 1.64. The van der Waals surface area contributed by atoms with Gasteiger partial charge in [0.1, 0.15) is 23.7 Å². The Labute approximate surface area is 196 Å². The Morgan fingerprint density at radius 3 is 2.53 bits per heavy atom. The molecule has 1 aliphatic heterocycles. The third kappa shape index (κ3) is 4.57. The molecule has 166 valence electrons. The van der Waals surface area contributed by atoms with E-state index in [4.69, 9.17) is 27.9 Å². The van der Waals surface area contributed by atoms with E-state index in [1.54, 1.807) is 18.2 Å². The average molecular weight is 473 g/mol. The van der Waals surface area contributed by atoms with Crippen molar-refractivity contribution in [2.24, 2.45) is 0 Å². The molecule has 2 N–H and O–H groups in total. The molecule has 0 spiro atoms. The van der Waals surface area contributed by atoms with Gasteiger partial charge in [0.05, 0.1) is 22.4 Å². The number of nitrogens with one attached hydrogen (secondary N) is 2. The van der Waals surface area contributed by atoms with Crippen molar-refractivity contribution < 1.29 is 9.53 Å². The second-order valence-corrected chi connectivity index (χ2v) is 7.99. The Hall–Kier alpha value is -3.07. The molecule has 0 aliphatic carbocycles. The van der Waals surface area contributed by atoms with Crippen molar-refractivity contribution in [3.05, 3.63) is 64.3 Å². The van der Waals surface area contributed by atoms with Gasteiger partial charge in [-0.05, 0) is 43.4 Å². The predicted octanol–water partition coefficient (Wildman–Crippen LogP) is 4.18. The van der Waals surface area contributed by atoms with Gasteiger partial charge in [-0.15, -0.1) is 0 Å². The highest BCUT2D eigenvalue weighted by Gasteiger charge is 2.32. The number of likely N-dealkylation sites (N-methyl/N-ethyl adjacent to an activating group) is 1. The summed E-state index contributed by atoms with van der Waals surface area (Å²) in [4.78, 5) is 25.4. The van der Waals surface area contributed by atoms with Gasteiger partial charge in [-0.25, -0.2) is 4.98 Å². The summed E-state index contributed by atoms with van der Waals surface area (Å²) in [5.74, 6) is 1.43. The highest BCUT2D eigenvalue weighted by Crippen LogP contribution is 2.37. The molecular formula is C22H22Cl2N6O2. The molecule has 1 aliphatic rings. The molecule has 4 rings (SSSR count). The average Bonchev–Trinajstić information content (AvgIpc) is 2.78. The predicted molar refractivity (Wildman–Crippen MR) is 128 cm³/mol. The lowest BCUT2D eigenvalue weighted by Crippen LogP contribution is -2.46. The number of amides is 1. The number of carbonyl (C=O) groups is 1. The number of anilines is 4. The maximum absolute atomic E-state index is 13.1. The molecule has 0 radical (unpaired) electrons. The standard InChI is InChI=1S/C22H22Cl2N6O2/c1-25-10-11-32-15-8-6-14(7-9-15)27-22-26-12-16-20(28-22)29(2)13-30(21(16)31)19-17(23)4-3-5-18(19)24/h3-9,12,25H,10-11,13H2,1-2H3,(H,26,27,28). The molecule has 3 aromatic rings. The number of nitrogens with zero attached hydrogens (tertiary/aromatic N) is 4. The lowest BCUT2D eigenvalue weighted by molar-refractivity contribution is 0.0982. The number of ether oxygens (including phenoxy) is 1. The second kappa shape index (κ2) is 9.60. The molecule has 2 aromatic carbocycles. The van der Waals surface area contributed by atoms with E-state index >= 15 is 0 Å². The molecule has 8 nitrogen and oxygen atoms in total. The Balaban J connectivity index is 1.53. The summed E-state index contributed by atoms with van der Waals surface area (Å²) in [7, 11) is 3.72. The fourth-order valence-electron chi connectivity index (χ4n) is 3.32. The van der Waals surface area contributed by atoms with E-state index in [1.165, 1.54) is 11.1 Å². The normalized spacial score (nSPS) is 13.2. The molecule has 0 atom stereocenters. The molecule has 0 bridgehead atoms. The van der Waals surface area contributed by atoms with Crippen molar-refractivity contribution in [3.8, 4) is 5.75 Å². The van der Waals surface area contributed by atoms with Crippen LogP contribution in [0.4, 0.5) is 23.1 Å². The van der Waals surface area contributed by atoms with Crippen LogP contribution in [0, 0.1) is 0 Å². The SMILES string of the molecule is CNCCOc1ccc(Nc2ncc3c(n2)N(C)CN(c2c(Cl)cccc2Cl)C3=O)cc1. The maximum atomic E-state index is 13.1. The fourth-order valence-corrected chi connectivity index (χ4v) is 3.92. The number of carbonyl (C=O) groups excluding carboxylic acids is 1. The molecular weight excluding hydrogens is 451 g/mol. The molecule has 0 fully saturated rings. The molecule has 1 aromatic heterocycles. The smallest absolute Gasteiger partial charge is 0.265 e. The molecule has 2 heterocycles. The van der Waals surface area contributed by atoms with Crippen LogP contribution in [0.15, 0.2) is 48.7 Å². The summed E-state index contributed by atoms with van der Waals surface area (Å²) >= 11 is 12.6. The third-order valence-electron chi connectivity index (χ3n) is 4.90. The molecule has 0 unspecified atom stereocenters. The van der Waals surface area contributed by atoms with E-state index in [-0.39, 0.29) is 12.6 Å². The third-order valence-corrected chi connectivity index (χ3v) is 5.51. The first-order valence-corrected chi connectivity index (χ1v) is 10.7. The van der Waals surface area contributed by atoms with Crippen molar-refractivity contribution in [1.29, 1.82) is 0 Å². The molecule has 0 saturated carbocycles. The van der Waals surface area contributed by atoms with Gasteiger partial charge in [0.2, 0.25) is 5.95 Å². The van der Waals surface area contributed by atoms with Crippen molar-refractivity contribution >= 4 is 52.3 Å². The number of benzene rings is 2. The highest BCUT2D eigenvalue weighted by atomic mass is 35.5. The lowest BCUT2D eigenvalue weighted by atomic mass is 10.2. The van der Waals surface area contributed by atoms with Crippen LogP contribution in [0.25, 0.3) is 0 Å². The van der Waals surface area contributed by atoms with Gasteiger partial charge in [0.25, 0.3) is 5.91 Å². The lowest BCUT2D eigenvalue weighted by Gasteiger charge is -2.35. The van der Waals surface area contributed by atoms with Gasteiger partial charge in [-0.2, -0.15) is 4.98 Å². The number of fused-ring (bicyclic) bond motifs is 1. The number of hydrogen-bond donors (Lipinski definition) is 2. The van der Waals surface area contributed by atoms with Gasteiger partial charge in [-0.3, -0.25) is 9.69 Å². The van der Waals surface area contributed by atoms with Gasteiger partial charge in [0, 0.05) is 25.5 Å². The zero-order valence-electron chi connectivity index (χ0n) is 17.6. The van der Waals surface area contributed by atoms with Gasteiger partial charge < -0.3 is 20.3 Å². The van der Waals surface area contributed by atoms with Crippen LogP contribution >= 0.6 is 23.2 Å². The Kier molecular flexibility index (Phi) is 6.64. The van der Waals surface area contributed by atoms with E-state index in [1.807, 2.05) is 43.3 Å². The van der Waals surface area contributed by atoms with Crippen LogP contribution in [0.1, 0.15) is 10.4 Å². The van der Waals surface area contributed by atoms with Crippen LogP contribution in [-0.2, 0) is 0 Å². The van der Waals surface area contributed by atoms with E-state index < -0.39 is 0 Å². The number of aromatic nitrogens is 2. The Bertz CT molecular complexity index is 1110. The van der Waals surface area contributed by atoms with Crippen molar-refractivity contribution in [3.63, 3.8) is 0 Å². The number of halogens is 2. The van der Waals surface area contributed by atoms with Gasteiger partial charge in [0.15, 0.2) is 0 Å². The summed E-state index contributed by atoms with van der Waals surface area (Å²) < 4.78 is 5.63. The van der Waals surface area contributed by atoms with Gasteiger partial charge >= 0.3 is 0 Å². The summed E-state index contributed by atoms with van der Waals surface area (Å²) in [6.45, 7) is 1.62. The first-order chi connectivity index (χ1) is 15.5. The van der Waals surface area contributed by atoms with E-state index in [9.17, 15) is 4.79 Å². The number of rotatable bonds is 7. The molecule has 10 heteroatoms. The van der Waals surface area contributed by atoms with Gasteiger partial charge in [-0.1, -0.05) is 29.3 Å². The molecule has 1 amide bonds. The fraction of sp³-hybridized carbons (Fsp3) is 0.227. The van der Waals surface area contributed by atoms with Crippen LogP contribution < -0.4 is 25.2 Å². The van der Waals surface area contributed by atoms with Crippen LogP contribution in [0.5, 0.6) is 5.75 Å². The maximum Gasteiger partial charge on any atom is 0.265 e. The topological polar surface area (TPSA) is 82.6 Å².